The van der Waals surface area contributed by atoms with Crippen LogP contribution in [0, 0.1) is 20.8 Å². The number of benzene rings is 2. The monoisotopic (exact) mass is 278 g/mol. The maximum absolute atomic E-state index is 12.3. The maximum Gasteiger partial charge on any atom is 0.255 e. The van der Waals surface area contributed by atoms with Crippen molar-refractivity contribution >= 4 is 22.5 Å². The van der Waals surface area contributed by atoms with Crippen LogP contribution in [0.15, 0.2) is 42.5 Å². The fraction of sp³-hybridized carbons (Fsp3) is 0.167. The Morgan fingerprint density at radius 3 is 2.52 bits per heavy atom. The zero-order chi connectivity index (χ0) is 15.0. The summed E-state index contributed by atoms with van der Waals surface area (Å²) in [5, 5.41) is 4.06. The van der Waals surface area contributed by atoms with E-state index in [0.29, 0.717) is 5.56 Å². The molecule has 0 aliphatic heterocycles. The highest BCUT2D eigenvalue weighted by Gasteiger charge is 2.08. The van der Waals surface area contributed by atoms with Crippen LogP contribution in [0.3, 0.4) is 0 Å². The van der Waals surface area contributed by atoms with Gasteiger partial charge in [0.1, 0.15) is 0 Å². The lowest BCUT2D eigenvalue weighted by molar-refractivity contribution is 0.102. The normalized spacial score (nSPS) is 10.8. The van der Waals surface area contributed by atoms with E-state index < -0.39 is 0 Å². The Hall–Kier alpha value is -2.55. The van der Waals surface area contributed by atoms with Gasteiger partial charge in [0.2, 0.25) is 0 Å². The SMILES string of the molecule is Cc1cc2cc(NC(=O)c3ccc(C)c(C)c3)ccc2[nH]1. The Balaban J connectivity index is 1.86. The van der Waals surface area contributed by atoms with Crippen molar-refractivity contribution in [2.75, 3.05) is 5.32 Å². The van der Waals surface area contributed by atoms with Gasteiger partial charge in [-0.3, -0.25) is 4.79 Å². The van der Waals surface area contributed by atoms with Gasteiger partial charge in [-0.2, -0.15) is 0 Å². The third-order valence-electron chi connectivity index (χ3n) is 3.78. The van der Waals surface area contributed by atoms with Gasteiger partial charge in [0.25, 0.3) is 5.91 Å². The standard InChI is InChI=1S/C18H18N2O/c1-11-4-5-14(8-12(11)2)18(21)20-16-6-7-17-15(10-16)9-13(3)19-17/h4-10,19H,1-3H3,(H,20,21). The third kappa shape index (κ3) is 2.68. The minimum absolute atomic E-state index is 0.0790. The fourth-order valence-corrected chi connectivity index (χ4v) is 2.44. The van der Waals surface area contributed by atoms with E-state index in [-0.39, 0.29) is 5.91 Å². The molecule has 1 amide bonds. The average Bonchev–Trinajstić information content (AvgIpc) is 2.81. The van der Waals surface area contributed by atoms with Crippen molar-refractivity contribution in [2.24, 2.45) is 0 Å². The maximum atomic E-state index is 12.3. The van der Waals surface area contributed by atoms with Crippen molar-refractivity contribution in [2.45, 2.75) is 20.8 Å². The molecular formula is C18H18N2O. The number of carbonyl (C=O) groups is 1. The number of H-pyrrole nitrogens is 1. The lowest BCUT2D eigenvalue weighted by Crippen LogP contribution is -2.12. The number of hydrogen-bond donors (Lipinski definition) is 2. The quantitative estimate of drug-likeness (QED) is 0.719. The molecule has 1 heterocycles. The van der Waals surface area contributed by atoms with E-state index >= 15 is 0 Å². The summed E-state index contributed by atoms with van der Waals surface area (Å²) >= 11 is 0. The fourth-order valence-electron chi connectivity index (χ4n) is 2.44. The van der Waals surface area contributed by atoms with E-state index in [1.807, 2.05) is 57.2 Å². The second-order valence-corrected chi connectivity index (χ2v) is 5.51. The molecule has 3 aromatic rings. The second-order valence-electron chi connectivity index (χ2n) is 5.51. The summed E-state index contributed by atoms with van der Waals surface area (Å²) in [4.78, 5) is 15.6. The number of amides is 1. The van der Waals surface area contributed by atoms with Crippen LogP contribution in [0.25, 0.3) is 10.9 Å². The topological polar surface area (TPSA) is 44.9 Å². The molecule has 21 heavy (non-hydrogen) atoms. The number of nitrogens with one attached hydrogen (secondary N) is 2. The number of rotatable bonds is 2. The van der Waals surface area contributed by atoms with E-state index in [1.54, 1.807) is 0 Å². The van der Waals surface area contributed by atoms with Gasteiger partial charge in [0.15, 0.2) is 0 Å². The Kier molecular flexibility index (Phi) is 3.26. The van der Waals surface area contributed by atoms with Gasteiger partial charge in [0, 0.05) is 27.8 Å². The first kappa shape index (κ1) is 13.4. The minimum Gasteiger partial charge on any atom is -0.359 e. The molecule has 0 bridgehead atoms. The van der Waals surface area contributed by atoms with Gasteiger partial charge >= 0.3 is 0 Å². The molecule has 0 saturated heterocycles. The number of aromatic nitrogens is 1. The number of hydrogen-bond acceptors (Lipinski definition) is 1. The van der Waals surface area contributed by atoms with Gasteiger partial charge < -0.3 is 10.3 Å². The van der Waals surface area contributed by atoms with Crippen molar-refractivity contribution in [1.82, 2.24) is 4.98 Å². The molecule has 3 rings (SSSR count). The number of fused-ring (bicyclic) bond motifs is 1. The highest BCUT2D eigenvalue weighted by atomic mass is 16.1. The Morgan fingerprint density at radius 2 is 1.76 bits per heavy atom. The molecule has 0 atom stereocenters. The number of aromatic amines is 1. The van der Waals surface area contributed by atoms with E-state index in [0.717, 1.165) is 27.8 Å². The molecule has 0 unspecified atom stereocenters. The Labute approximate surface area is 124 Å². The lowest BCUT2D eigenvalue weighted by Gasteiger charge is -2.07. The van der Waals surface area contributed by atoms with Gasteiger partial charge in [-0.05, 0) is 68.3 Å². The molecule has 0 saturated carbocycles. The van der Waals surface area contributed by atoms with E-state index in [1.165, 1.54) is 5.56 Å². The summed E-state index contributed by atoms with van der Waals surface area (Å²) < 4.78 is 0. The lowest BCUT2D eigenvalue weighted by atomic mass is 10.1. The van der Waals surface area contributed by atoms with Crippen molar-refractivity contribution in [1.29, 1.82) is 0 Å². The first-order valence-electron chi connectivity index (χ1n) is 7.01. The molecule has 0 radical (unpaired) electrons. The predicted octanol–water partition coefficient (Wildman–Crippen LogP) is 4.35. The summed E-state index contributed by atoms with van der Waals surface area (Å²) in [6.45, 7) is 6.08. The first-order chi connectivity index (χ1) is 10.0. The van der Waals surface area contributed by atoms with Crippen LogP contribution < -0.4 is 5.32 Å². The van der Waals surface area contributed by atoms with Gasteiger partial charge in [-0.25, -0.2) is 0 Å². The number of aryl methyl sites for hydroxylation is 3. The van der Waals surface area contributed by atoms with Crippen LogP contribution in [-0.2, 0) is 0 Å². The van der Waals surface area contributed by atoms with Crippen molar-refractivity contribution < 1.29 is 4.79 Å². The molecule has 0 aliphatic rings. The average molecular weight is 278 g/mol. The Bertz CT molecular complexity index is 830. The smallest absolute Gasteiger partial charge is 0.255 e. The zero-order valence-corrected chi connectivity index (χ0v) is 12.4. The van der Waals surface area contributed by atoms with Gasteiger partial charge in [0.05, 0.1) is 0 Å². The summed E-state index contributed by atoms with van der Waals surface area (Å²) in [6.07, 6.45) is 0. The molecule has 0 spiro atoms. The molecule has 106 valence electrons. The van der Waals surface area contributed by atoms with Crippen LogP contribution in [0.2, 0.25) is 0 Å². The van der Waals surface area contributed by atoms with Gasteiger partial charge in [-0.15, -0.1) is 0 Å². The first-order valence-corrected chi connectivity index (χ1v) is 7.01. The molecule has 3 heteroatoms. The van der Waals surface area contributed by atoms with Gasteiger partial charge in [-0.1, -0.05) is 6.07 Å². The largest absolute Gasteiger partial charge is 0.359 e. The zero-order valence-electron chi connectivity index (χ0n) is 12.4. The molecule has 2 aromatic carbocycles. The molecule has 3 nitrogen and oxygen atoms in total. The minimum atomic E-state index is -0.0790. The molecule has 0 aliphatic carbocycles. The molecule has 2 N–H and O–H groups in total. The van der Waals surface area contributed by atoms with Crippen LogP contribution in [0.4, 0.5) is 5.69 Å². The molecule has 0 fully saturated rings. The summed E-state index contributed by atoms with van der Waals surface area (Å²) in [6, 6.07) is 13.7. The highest BCUT2D eigenvalue weighted by Crippen LogP contribution is 2.20. The second kappa shape index (κ2) is 5.09. The summed E-state index contributed by atoms with van der Waals surface area (Å²) in [5.41, 5.74) is 6.00. The molecule has 1 aromatic heterocycles. The Morgan fingerprint density at radius 1 is 0.952 bits per heavy atom. The van der Waals surface area contributed by atoms with E-state index in [2.05, 4.69) is 16.4 Å². The summed E-state index contributed by atoms with van der Waals surface area (Å²) in [7, 11) is 0. The van der Waals surface area contributed by atoms with E-state index in [4.69, 9.17) is 0 Å². The van der Waals surface area contributed by atoms with Crippen LogP contribution >= 0.6 is 0 Å². The van der Waals surface area contributed by atoms with Crippen molar-refractivity contribution in [3.63, 3.8) is 0 Å². The molecular weight excluding hydrogens is 260 g/mol. The number of anilines is 1. The van der Waals surface area contributed by atoms with E-state index in [9.17, 15) is 4.79 Å². The third-order valence-corrected chi connectivity index (χ3v) is 3.78. The number of carbonyl (C=O) groups excluding carboxylic acids is 1. The van der Waals surface area contributed by atoms with Crippen LogP contribution in [0.5, 0.6) is 0 Å². The van der Waals surface area contributed by atoms with Crippen molar-refractivity contribution in [3.8, 4) is 0 Å². The van der Waals surface area contributed by atoms with Crippen LogP contribution in [0.1, 0.15) is 27.2 Å². The highest BCUT2D eigenvalue weighted by molar-refractivity contribution is 6.05. The van der Waals surface area contributed by atoms with Crippen LogP contribution in [-0.4, -0.2) is 10.9 Å². The summed E-state index contributed by atoms with van der Waals surface area (Å²) in [5.74, 6) is -0.0790. The predicted molar refractivity (Wildman–Crippen MR) is 86.9 cm³/mol. The van der Waals surface area contributed by atoms with Crippen molar-refractivity contribution in [3.05, 3.63) is 64.8 Å².